The van der Waals surface area contributed by atoms with Crippen LogP contribution in [0.3, 0.4) is 0 Å². The molecule has 2 fully saturated rings. The highest BCUT2D eigenvalue weighted by atomic mass is 127. The van der Waals surface area contributed by atoms with E-state index in [0.717, 1.165) is 23.7 Å². The van der Waals surface area contributed by atoms with Crippen LogP contribution < -0.4 is 0 Å². The van der Waals surface area contributed by atoms with Gasteiger partial charge in [-0.2, -0.15) is 0 Å². The topological polar surface area (TPSA) is 0 Å². The number of alkyl halides is 1. The van der Waals surface area contributed by atoms with Gasteiger partial charge in [-0.25, -0.2) is 0 Å². The zero-order valence-electron chi connectivity index (χ0n) is 6.96. The summed E-state index contributed by atoms with van der Waals surface area (Å²) in [4.78, 5) is 0. The summed E-state index contributed by atoms with van der Waals surface area (Å²) in [5.74, 6) is 3.83. The largest absolute Gasteiger partial charge is 0.0929 e. The zero-order chi connectivity index (χ0) is 8.01. The van der Waals surface area contributed by atoms with Crippen molar-refractivity contribution in [2.75, 3.05) is 0 Å². The molecule has 2 rings (SSSR count). The molecule has 0 nitrogen and oxygen atoms in total. The zero-order valence-corrected chi connectivity index (χ0v) is 9.12. The van der Waals surface area contributed by atoms with Gasteiger partial charge in [0.1, 0.15) is 0 Å². The van der Waals surface area contributed by atoms with Crippen LogP contribution in [0.4, 0.5) is 0 Å². The maximum absolute atomic E-state index is 5.92. The van der Waals surface area contributed by atoms with Crippen LogP contribution in [0.25, 0.3) is 0 Å². The molecular formula is C9H14BI. The third kappa shape index (κ3) is 1.36. The van der Waals surface area contributed by atoms with Crippen LogP contribution in [0.15, 0.2) is 0 Å². The molecule has 0 aliphatic heterocycles. The summed E-state index contributed by atoms with van der Waals surface area (Å²) < 4.78 is 0.412. The van der Waals surface area contributed by atoms with E-state index in [1.54, 1.807) is 0 Å². The molecule has 2 aliphatic rings. The maximum Gasteiger partial charge on any atom is 0.0846 e. The smallest absolute Gasteiger partial charge is 0.0846 e. The van der Waals surface area contributed by atoms with Crippen molar-refractivity contribution in [2.24, 2.45) is 23.7 Å². The van der Waals surface area contributed by atoms with Gasteiger partial charge in [-0.15, -0.1) is 0 Å². The van der Waals surface area contributed by atoms with E-state index in [-0.39, 0.29) is 0 Å². The number of hydrogen-bond acceptors (Lipinski definition) is 0. The van der Waals surface area contributed by atoms with Gasteiger partial charge in [0.2, 0.25) is 0 Å². The van der Waals surface area contributed by atoms with Crippen molar-refractivity contribution < 1.29 is 0 Å². The highest BCUT2D eigenvalue weighted by Crippen LogP contribution is 2.53. The highest BCUT2D eigenvalue weighted by Gasteiger charge is 2.44. The molecule has 2 saturated carbocycles. The molecule has 2 radical (unpaired) electrons. The first-order valence-electron chi connectivity index (χ1n) is 4.58. The van der Waals surface area contributed by atoms with Crippen LogP contribution in [0.5, 0.6) is 0 Å². The summed E-state index contributed by atoms with van der Waals surface area (Å²) in [6.45, 7) is 2.40. The molecule has 0 aromatic heterocycles. The Hall–Kier alpha value is 0.795. The number of hydrogen-bond donors (Lipinski definition) is 0. The van der Waals surface area contributed by atoms with Gasteiger partial charge in [-0.1, -0.05) is 29.5 Å². The molecule has 0 aromatic carbocycles. The van der Waals surface area contributed by atoms with E-state index in [1.807, 2.05) is 0 Å². The van der Waals surface area contributed by atoms with Gasteiger partial charge in [-0.3, -0.25) is 0 Å². The van der Waals surface area contributed by atoms with Crippen molar-refractivity contribution in [1.29, 1.82) is 0 Å². The molecule has 2 bridgehead atoms. The summed E-state index contributed by atoms with van der Waals surface area (Å²) >= 11 is 2.39. The minimum atomic E-state index is 0.412. The molecule has 0 N–H and O–H groups in total. The molecule has 11 heavy (non-hydrogen) atoms. The average Bonchev–Trinajstić information content (AvgIpc) is 2.43. The summed E-state index contributed by atoms with van der Waals surface area (Å²) in [6, 6.07) is 0. The lowest BCUT2D eigenvalue weighted by molar-refractivity contribution is 0.287. The number of fused-ring (bicyclic) bond motifs is 2. The monoisotopic (exact) mass is 260 g/mol. The second-order valence-electron chi connectivity index (χ2n) is 4.31. The van der Waals surface area contributed by atoms with Crippen LogP contribution in [-0.4, -0.2) is 11.7 Å². The second kappa shape index (κ2) is 2.93. The summed E-state index contributed by atoms with van der Waals surface area (Å²) in [5, 5.41) is 0. The van der Waals surface area contributed by atoms with E-state index in [0.29, 0.717) is 3.82 Å². The van der Waals surface area contributed by atoms with Crippen molar-refractivity contribution in [1.82, 2.24) is 0 Å². The fourth-order valence-corrected chi connectivity index (χ4v) is 3.88. The Morgan fingerprint density at radius 3 is 2.36 bits per heavy atom. The van der Waals surface area contributed by atoms with Crippen molar-refractivity contribution in [2.45, 2.75) is 30.0 Å². The third-order valence-electron chi connectivity index (χ3n) is 3.67. The molecule has 0 saturated heterocycles. The molecule has 2 aliphatic carbocycles. The lowest BCUT2D eigenvalue weighted by atomic mass is 9.76. The molecule has 0 amide bonds. The van der Waals surface area contributed by atoms with Gasteiger partial charge < -0.3 is 0 Å². The average molecular weight is 260 g/mol. The van der Waals surface area contributed by atoms with Gasteiger partial charge >= 0.3 is 0 Å². The first-order valence-corrected chi connectivity index (χ1v) is 5.82. The van der Waals surface area contributed by atoms with E-state index in [4.69, 9.17) is 7.85 Å². The van der Waals surface area contributed by atoms with E-state index in [2.05, 4.69) is 29.5 Å². The first kappa shape index (κ1) is 8.40. The Balaban J connectivity index is 2.02. The normalized spacial score (nSPS) is 51.5. The van der Waals surface area contributed by atoms with E-state index in [1.165, 1.54) is 19.3 Å². The Bertz CT molecular complexity index is 156. The quantitative estimate of drug-likeness (QED) is 0.386. The molecule has 4 unspecified atom stereocenters. The Morgan fingerprint density at radius 2 is 2.00 bits per heavy atom. The van der Waals surface area contributed by atoms with E-state index < -0.39 is 0 Å². The Morgan fingerprint density at radius 1 is 1.27 bits per heavy atom. The highest BCUT2D eigenvalue weighted by molar-refractivity contribution is 14.1. The van der Waals surface area contributed by atoms with Crippen LogP contribution in [0.2, 0.25) is 0 Å². The number of halogens is 1. The van der Waals surface area contributed by atoms with Crippen LogP contribution in [-0.2, 0) is 0 Å². The van der Waals surface area contributed by atoms with Gasteiger partial charge in [0.15, 0.2) is 0 Å². The minimum absolute atomic E-state index is 0.412. The summed E-state index contributed by atoms with van der Waals surface area (Å²) in [7, 11) is 5.92. The second-order valence-corrected chi connectivity index (χ2v) is 5.75. The minimum Gasteiger partial charge on any atom is -0.0929 e. The predicted molar refractivity (Wildman–Crippen MR) is 57.0 cm³/mol. The van der Waals surface area contributed by atoms with Crippen LogP contribution in [0.1, 0.15) is 26.2 Å². The van der Waals surface area contributed by atoms with Gasteiger partial charge in [0, 0.05) is 0 Å². The molecular weight excluding hydrogens is 246 g/mol. The molecule has 0 spiro atoms. The molecule has 0 aromatic rings. The maximum atomic E-state index is 5.92. The fraction of sp³-hybridized carbons (Fsp3) is 1.00. The van der Waals surface area contributed by atoms with Crippen molar-refractivity contribution in [3.63, 3.8) is 0 Å². The number of rotatable bonds is 1. The molecule has 5 atom stereocenters. The van der Waals surface area contributed by atoms with Gasteiger partial charge in [-0.05, 0) is 46.8 Å². The standard InChI is InChI=1S/C9H14BI/c1-5-2-7-3-6(5)4-8(7)9(10)11/h5-9H,2-4H2,1H3/t5?,6?,7?,8?,9-/m1/s1. The SMILES string of the molecule is [B][C@H](I)C1CC2CC1CC2C. The van der Waals surface area contributed by atoms with Gasteiger partial charge in [0.25, 0.3) is 0 Å². The lowest BCUT2D eigenvalue weighted by Crippen LogP contribution is -2.23. The Kier molecular flexibility index (Phi) is 2.24. The van der Waals surface area contributed by atoms with Gasteiger partial charge in [0.05, 0.1) is 7.85 Å². The third-order valence-corrected chi connectivity index (χ3v) is 4.60. The summed E-state index contributed by atoms with van der Waals surface area (Å²) in [5.41, 5.74) is 0. The predicted octanol–water partition coefficient (Wildman–Crippen LogP) is 2.60. The first-order chi connectivity index (χ1) is 5.18. The molecule has 60 valence electrons. The molecule has 0 heterocycles. The van der Waals surface area contributed by atoms with Crippen molar-refractivity contribution in [3.8, 4) is 0 Å². The van der Waals surface area contributed by atoms with Crippen molar-refractivity contribution >= 4 is 30.4 Å². The van der Waals surface area contributed by atoms with Crippen LogP contribution >= 0.6 is 22.6 Å². The molecule has 2 heteroatoms. The van der Waals surface area contributed by atoms with E-state index >= 15 is 0 Å². The van der Waals surface area contributed by atoms with Crippen LogP contribution in [0, 0.1) is 23.7 Å². The Labute approximate surface area is 84.1 Å². The fourth-order valence-electron chi connectivity index (χ4n) is 3.00. The lowest BCUT2D eigenvalue weighted by Gasteiger charge is -2.27. The summed E-state index contributed by atoms with van der Waals surface area (Å²) in [6.07, 6.45) is 4.34. The van der Waals surface area contributed by atoms with Crippen molar-refractivity contribution in [3.05, 3.63) is 0 Å². The van der Waals surface area contributed by atoms with E-state index in [9.17, 15) is 0 Å².